The van der Waals surface area contributed by atoms with Gasteiger partial charge in [-0.3, -0.25) is 0 Å². The monoisotopic (exact) mass is 379 g/mol. The fourth-order valence-electron chi connectivity index (χ4n) is 4.16. The van der Waals surface area contributed by atoms with E-state index in [1.165, 1.54) is 148 Å². The molecule has 1 atom stereocenters. The lowest BCUT2D eigenvalue weighted by Gasteiger charge is -2.11. The van der Waals surface area contributed by atoms with Crippen molar-refractivity contribution in [2.24, 2.45) is 5.92 Å². The summed E-state index contributed by atoms with van der Waals surface area (Å²) >= 11 is 0. The maximum atomic E-state index is 4.39. The third kappa shape index (κ3) is 24.0. The van der Waals surface area contributed by atoms with Crippen LogP contribution in [0.5, 0.6) is 0 Å². The molecule has 0 bridgehead atoms. The van der Waals surface area contributed by atoms with Gasteiger partial charge in [0.2, 0.25) is 0 Å². The molecule has 0 saturated carbocycles. The van der Waals surface area contributed by atoms with Crippen LogP contribution in [0.3, 0.4) is 0 Å². The predicted octanol–water partition coefficient (Wildman–Crippen LogP) is 10.4. The van der Waals surface area contributed by atoms with Crippen LogP contribution in [-0.4, -0.2) is 0 Å². The average molecular weight is 380 g/mol. The first kappa shape index (κ1) is 27.0. The van der Waals surface area contributed by atoms with Crippen molar-refractivity contribution in [1.82, 2.24) is 0 Å². The molecule has 0 heterocycles. The highest BCUT2D eigenvalue weighted by Gasteiger charge is 2.02. The minimum absolute atomic E-state index is 0.720. The van der Waals surface area contributed by atoms with Crippen molar-refractivity contribution in [2.75, 3.05) is 0 Å². The van der Waals surface area contributed by atoms with Gasteiger partial charge in [-0.2, -0.15) is 0 Å². The zero-order valence-corrected chi connectivity index (χ0v) is 19.5. The molecule has 0 aromatic rings. The topological polar surface area (TPSA) is 0 Å². The Morgan fingerprint density at radius 1 is 0.370 bits per heavy atom. The third-order valence-corrected chi connectivity index (χ3v) is 6.18. The highest BCUT2D eigenvalue weighted by Crippen LogP contribution is 2.19. The van der Waals surface area contributed by atoms with E-state index in [4.69, 9.17) is 0 Å². The van der Waals surface area contributed by atoms with Gasteiger partial charge in [0.1, 0.15) is 0 Å². The Morgan fingerprint density at radius 2 is 0.593 bits per heavy atom. The van der Waals surface area contributed by atoms with Gasteiger partial charge < -0.3 is 0 Å². The summed E-state index contributed by atoms with van der Waals surface area (Å²) in [5.41, 5.74) is 0. The van der Waals surface area contributed by atoms with Crippen molar-refractivity contribution in [3.05, 3.63) is 6.92 Å². The molecule has 1 unspecified atom stereocenters. The SMILES string of the molecule is [CH2]C(CCCCCCCCCC)CCCCCCCCCCCCCCC. The summed E-state index contributed by atoms with van der Waals surface area (Å²) in [5, 5.41) is 0. The first-order valence-corrected chi connectivity index (χ1v) is 13.1. The summed E-state index contributed by atoms with van der Waals surface area (Å²) in [6.07, 6.45) is 33.1. The molecule has 1 radical (unpaired) electrons. The zero-order valence-electron chi connectivity index (χ0n) is 19.5. The Bertz CT molecular complexity index is 244. The fourth-order valence-corrected chi connectivity index (χ4v) is 4.16. The maximum Gasteiger partial charge on any atom is -0.0414 e. The molecular weight excluding hydrogens is 324 g/mol. The van der Waals surface area contributed by atoms with Gasteiger partial charge in [-0.1, -0.05) is 168 Å². The summed E-state index contributed by atoms with van der Waals surface area (Å²) in [6.45, 7) is 8.99. The van der Waals surface area contributed by atoms with E-state index in [0.717, 1.165) is 5.92 Å². The molecular formula is C27H55. The highest BCUT2D eigenvalue weighted by molar-refractivity contribution is 4.62. The standard InChI is InChI=1S/C27H55/c1-4-6-8-10-12-14-15-16-17-18-20-22-24-26-27(3)25-23-21-19-13-11-9-7-5-2/h27H,3-26H2,1-2H3. The van der Waals surface area contributed by atoms with E-state index in [0.29, 0.717) is 0 Å². The van der Waals surface area contributed by atoms with Crippen LogP contribution in [-0.2, 0) is 0 Å². The smallest absolute Gasteiger partial charge is 0.0414 e. The van der Waals surface area contributed by atoms with Crippen molar-refractivity contribution in [3.8, 4) is 0 Å². The van der Waals surface area contributed by atoms with Crippen molar-refractivity contribution in [2.45, 2.75) is 162 Å². The van der Waals surface area contributed by atoms with E-state index in [2.05, 4.69) is 20.8 Å². The molecule has 0 aromatic heterocycles. The van der Waals surface area contributed by atoms with E-state index < -0.39 is 0 Å². The molecule has 0 amide bonds. The zero-order chi connectivity index (χ0) is 19.8. The second-order valence-corrected chi connectivity index (χ2v) is 9.16. The van der Waals surface area contributed by atoms with Gasteiger partial charge in [0.15, 0.2) is 0 Å². The van der Waals surface area contributed by atoms with Gasteiger partial charge in [-0.05, 0) is 5.92 Å². The van der Waals surface area contributed by atoms with Crippen molar-refractivity contribution < 1.29 is 0 Å². The third-order valence-electron chi connectivity index (χ3n) is 6.18. The minimum Gasteiger partial charge on any atom is -0.0654 e. The second-order valence-electron chi connectivity index (χ2n) is 9.16. The summed E-state index contributed by atoms with van der Waals surface area (Å²) in [5.74, 6) is 0.720. The number of hydrogen-bond acceptors (Lipinski definition) is 0. The van der Waals surface area contributed by atoms with Gasteiger partial charge in [0, 0.05) is 0 Å². The summed E-state index contributed by atoms with van der Waals surface area (Å²) in [7, 11) is 0. The van der Waals surface area contributed by atoms with Crippen molar-refractivity contribution in [1.29, 1.82) is 0 Å². The lowest BCUT2D eigenvalue weighted by molar-refractivity contribution is 0.460. The largest absolute Gasteiger partial charge is 0.0654 e. The van der Waals surface area contributed by atoms with Gasteiger partial charge in [-0.15, -0.1) is 0 Å². The Kier molecular flexibility index (Phi) is 24.0. The lowest BCUT2D eigenvalue weighted by Crippen LogP contribution is -1.95. The molecule has 0 spiro atoms. The first-order chi connectivity index (χ1) is 13.3. The molecule has 163 valence electrons. The number of unbranched alkanes of at least 4 members (excludes halogenated alkanes) is 19. The Hall–Kier alpha value is 0. The number of hydrogen-bond donors (Lipinski definition) is 0. The normalized spacial score (nSPS) is 12.6. The predicted molar refractivity (Wildman–Crippen MR) is 126 cm³/mol. The van der Waals surface area contributed by atoms with Crippen molar-refractivity contribution >= 4 is 0 Å². The Balaban J connectivity index is 3.11. The van der Waals surface area contributed by atoms with E-state index in [1.54, 1.807) is 0 Å². The molecule has 0 nitrogen and oxygen atoms in total. The van der Waals surface area contributed by atoms with Gasteiger partial charge in [0.25, 0.3) is 0 Å². The fraction of sp³-hybridized carbons (Fsp3) is 0.963. The maximum absolute atomic E-state index is 4.39. The summed E-state index contributed by atoms with van der Waals surface area (Å²) in [4.78, 5) is 0. The summed E-state index contributed by atoms with van der Waals surface area (Å²) < 4.78 is 0. The van der Waals surface area contributed by atoms with Crippen LogP contribution in [0.25, 0.3) is 0 Å². The van der Waals surface area contributed by atoms with E-state index in [9.17, 15) is 0 Å². The Morgan fingerprint density at radius 3 is 0.852 bits per heavy atom. The number of rotatable bonds is 23. The minimum atomic E-state index is 0.720. The van der Waals surface area contributed by atoms with Gasteiger partial charge in [0.05, 0.1) is 0 Å². The quantitative estimate of drug-likeness (QED) is 0.155. The van der Waals surface area contributed by atoms with Crippen molar-refractivity contribution in [3.63, 3.8) is 0 Å². The van der Waals surface area contributed by atoms with Crippen LogP contribution in [0.1, 0.15) is 162 Å². The van der Waals surface area contributed by atoms with Gasteiger partial charge in [-0.25, -0.2) is 0 Å². The summed E-state index contributed by atoms with van der Waals surface area (Å²) in [6, 6.07) is 0. The second kappa shape index (κ2) is 24.0. The molecule has 0 heteroatoms. The molecule has 0 rings (SSSR count). The van der Waals surface area contributed by atoms with Crippen LogP contribution in [0.2, 0.25) is 0 Å². The molecule has 27 heavy (non-hydrogen) atoms. The molecule has 0 N–H and O–H groups in total. The van der Waals surface area contributed by atoms with Crippen LogP contribution in [0.4, 0.5) is 0 Å². The molecule has 0 saturated heterocycles. The van der Waals surface area contributed by atoms with Crippen LogP contribution >= 0.6 is 0 Å². The molecule has 0 fully saturated rings. The van der Waals surface area contributed by atoms with E-state index in [-0.39, 0.29) is 0 Å². The molecule has 0 aliphatic heterocycles. The average Bonchev–Trinajstić information content (AvgIpc) is 2.67. The van der Waals surface area contributed by atoms with Crippen LogP contribution in [0.15, 0.2) is 0 Å². The Labute approximate surface area is 174 Å². The molecule has 0 aromatic carbocycles. The molecule has 0 aliphatic carbocycles. The van der Waals surface area contributed by atoms with E-state index >= 15 is 0 Å². The van der Waals surface area contributed by atoms with E-state index in [1.807, 2.05) is 0 Å². The van der Waals surface area contributed by atoms with Crippen LogP contribution < -0.4 is 0 Å². The van der Waals surface area contributed by atoms with Crippen LogP contribution in [0, 0.1) is 12.8 Å². The molecule has 0 aliphatic rings. The first-order valence-electron chi connectivity index (χ1n) is 13.1. The lowest BCUT2D eigenvalue weighted by atomic mass is 9.95. The highest BCUT2D eigenvalue weighted by atomic mass is 14.1. The van der Waals surface area contributed by atoms with Gasteiger partial charge >= 0.3 is 0 Å².